The molecular weight excluding hydrogens is 222 g/mol. The van der Waals surface area contributed by atoms with E-state index in [0.717, 1.165) is 23.9 Å². The molecule has 2 aromatic rings. The van der Waals surface area contributed by atoms with Crippen LogP contribution in [0.5, 0.6) is 0 Å². The van der Waals surface area contributed by atoms with Gasteiger partial charge in [-0.15, -0.1) is 10.2 Å². The maximum absolute atomic E-state index is 4.47. The normalized spacial score (nSPS) is 10.7. The molecule has 0 radical (unpaired) electrons. The molecule has 0 aliphatic carbocycles. The number of hydrogen-bond acceptors (Lipinski definition) is 5. The Bertz CT molecular complexity index is 460. The maximum Gasteiger partial charge on any atom is 0.205 e. The third-order valence-corrected chi connectivity index (χ3v) is 3.26. The Hall–Kier alpha value is -1.43. The van der Waals surface area contributed by atoms with Crippen molar-refractivity contribution >= 4 is 16.5 Å². The van der Waals surface area contributed by atoms with E-state index >= 15 is 0 Å². The lowest BCUT2D eigenvalue weighted by Crippen LogP contribution is -2.03. The van der Waals surface area contributed by atoms with Gasteiger partial charge in [-0.3, -0.25) is 4.68 Å². The molecule has 0 aromatic carbocycles. The van der Waals surface area contributed by atoms with Gasteiger partial charge in [-0.2, -0.15) is 5.10 Å². The van der Waals surface area contributed by atoms with Crippen molar-refractivity contribution in [3.05, 3.63) is 22.5 Å². The topological polar surface area (TPSA) is 55.6 Å². The van der Waals surface area contributed by atoms with Crippen LogP contribution in [0.25, 0.3) is 0 Å². The molecule has 0 bridgehead atoms. The van der Waals surface area contributed by atoms with Gasteiger partial charge >= 0.3 is 0 Å². The Kier molecular flexibility index (Phi) is 3.19. The first-order valence-corrected chi connectivity index (χ1v) is 6.13. The third kappa shape index (κ3) is 2.06. The SMILES string of the molecule is CCn1nc(C)c(CNc2nncs2)c1C. The Morgan fingerprint density at radius 1 is 1.44 bits per heavy atom. The largest absolute Gasteiger partial charge is 0.356 e. The van der Waals surface area contributed by atoms with Gasteiger partial charge < -0.3 is 5.32 Å². The van der Waals surface area contributed by atoms with Gasteiger partial charge in [0.15, 0.2) is 0 Å². The average Bonchev–Trinajstić information content (AvgIpc) is 2.86. The zero-order chi connectivity index (χ0) is 11.5. The summed E-state index contributed by atoms with van der Waals surface area (Å²) in [6.45, 7) is 7.90. The molecule has 1 N–H and O–H groups in total. The molecule has 0 amide bonds. The Labute approximate surface area is 98.5 Å². The summed E-state index contributed by atoms with van der Waals surface area (Å²) in [7, 11) is 0. The zero-order valence-corrected chi connectivity index (χ0v) is 10.5. The zero-order valence-electron chi connectivity index (χ0n) is 9.69. The quantitative estimate of drug-likeness (QED) is 0.883. The molecule has 0 aliphatic rings. The van der Waals surface area contributed by atoms with E-state index in [1.165, 1.54) is 22.6 Å². The maximum atomic E-state index is 4.47. The fraction of sp³-hybridized carbons (Fsp3) is 0.500. The van der Waals surface area contributed by atoms with E-state index in [-0.39, 0.29) is 0 Å². The first kappa shape index (κ1) is 11.1. The van der Waals surface area contributed by atoms with Crippen LogP contribution in [0.4, 0.5) is 5.13 Å². The van der Waals surface area contributed by atoms with Gasteiger partial charge in [-0.1, -0.05) is 11.3 Å². The highest BCUT2D eigenvalue weighted by atomic mass is 32.1. The second-order valence-corrected chi connectivity index (χ2v) is 4.40. The van der Waals surface area contributed by atoms with Crippen molar-refractivity contribution in [2.45, 2.75) is 33.9 Å². The summed E-state index contributed by atoms with van der Waals surface area (Å²) in [5.41, 5.74) is 5.27. The van der Waals surface area contributed by atoms with Crippen molar-refractivity contribution in [3.8, 4) is 0 Å². The van der Waals surface area contributed by atoms with E-state index < -0.39 is 0 Å². The highest BCUT2D eigenvalue weighted by Crippen LogP contribution is 2.16. The number of rotatable bonds is 4. The molecule has 0 unspecified atom stereocenters. The molecule has 0 atom stereocenters. The van der Waals surface area contributed by atoms with Gasteiger partial charge in [0.2, 0.25) is 5.13 Å². The summed E-state index contributed by atoms with van der Waals surface area (Å²) in [5.74, 6) is 0. The van der Waals surface area contributed by atoms with Crippen molar-refractivity contribution in [1.82, 2.24) is 20.0 Å². The van der Waals surface area contributed by atoms with Gasteiger partial charge in [0.1, 0.15) is 5.51 Å². The monoisotopic (exact) mass is 237 g/mol. The number of hydrogen-bond donors (Lipinski definition) is 1. The third-order valence-electron chi connectivity index (χ3n) is 2.61. The highest BCUT2D eigenvalue weighted by Gasteiger charge is 2.10. The van der Waals surface area contributed by atoms with Crippen LogP contribution in [0.1, 0.15) is 23.9 Å². The summed E-state index contributed by atoms with van der Waals surface area (Å²) in [5, 5.41) is 16.3. The van der Waals surface area contributed by atoms with Gasteiger partial charge in [0.25, 0.3) is 0 Å². The van der Waals surface area contributed by atoms with E-state index in [2.05, 4.69) is 34.5 Å². The van der Waals surface area contributed by atoms with Crippen molar-refractivity contribution in [2.24, 2.45) is 0 Å². The fourth-order valence-electron chi connectivity index (χ4n) is 1.71. The van der Waals surface area contributed by atoms with E-state index in [1.54, 1.807) is 5.51 Å². The number of nitrogens with zero attached hydrogens (tertiary/aromatic N) is 4. The Balaban J connectivity index is 2.12. The lowest BCUT2D eigenvalue weighted by atomic mass is 10.2. The molecule has 2 heterocycles. The molecule has 2 rings (SSSR count). The second-order valence-electron chi connectivity index (χ2n) is 3.56. The van der Waals surface area contributed by atoms with Gasteiger partial charge in [-0.25, -0.2) is 0 Å². The van der Waals surface area contributed by atoms with Crippen molar-refractivity contribution in [1.29, 1.82) is 0 Å². The number of aromatic nitrogens is 4. The van der Waals surface area contributed by atoms with Crippen LogP contribution in [0.3, 0.4) is 0 Å². The smallest absolute Gasteiger partial charge is 0.205 e. The number of aryl methyl sites for hydroxylation is 2. The molecule has 16 heavy (non-hydrogen) atoms. The number of anilines is 1. The predicted octanol–water partition coefficient (Wildman–Crippen LogP) is 1.98. The van der Waals surface area contributed by atoms with Crippen LogP contribution in [0.15, 0.2) is 5.51 Å². The summed E-state index contributed by atoms with van der Waals surface area (Å²) in [6.07, 6.45) is 0. The van der Waals surface area contributed by atoms with Crippen molar-refractivity contribution in [3.63, 3.8) is 0 Å². The van der Waals surface area contributed by atoms with Gasteiger partial charge in [0.05, 0.1) is 5.69 Å². The van der Waals surface area contributed by atoms with Crippen LogP contribution >= 0.6 is 11.3 Å². The van der Waals surface area contributed by atoms with Gasteiger partial charge in [0, 0.05) is 24.3 Å². The summed E-state index contributed by atoms with van der Waals surface area (Å²) in [6, 6.07) is 0. The molecule has 0 spiro atoms. The molecule has 0 fully saturated rings. The molecule has 86 valence electrons. The standard InChI is InChI=1S/C10H15N5S/c1-4-15-8(3)9(7(2)14-15)5-11-10-13-12-6-16-10/h6H,4-5H2,1-3H3,(H,11,13). The van der Waals surface area contributed by atoms with E-state index in [1.807, 2.05) is 11.6 Å². The van der Waals surface area contributed by atoms with Crippen molar-refractivity contribution < 1.29 is 0 Å². The summed E-state index contributed by atoms with van der Waals surface area (Å²) in [4.78, 5) is 0. The van der Waals surface area contributed by atoms with Crippen LogP contribution < -0.4 is 5.32 Å². The van der Waals surface area contributed by atoms with E-state index in [9.17, 15) is 0 Å². The summed E-state index contributed by atoms with van der Waals surface area (Å²) >= 11 is 1.51. The molecule has 0 saturated heterocycles. The van der Waals surface area contributed by atoms with Crippen LogP contribution in [-0.2, 0) is 13.1 Å². The predicted molar refractivity (Wildman–Crippen MR) is 64.6 cm³/mol. The molecule has 0 saturated carbocycles. The summed E-state index contributed by atoms with van der Waals surface area (Å²) < 4.78 is 2.02. The lowest BCUT2D eigenvalue weighted by molar-refractivity contribution is 0.633. The lowest BCUT2D eigenvalue weighted by Gasteiger charge is -2.03. The number of nitrogens with one attached hydrogen (secondary N) is 1. The van der Waals surface area contributed by atoms with Crippen LogP contribution in [-0.4, -0.2) is 20.0 Å². The van der Waals surface area contributed by atoms with E-state index in [0.29, 0.717) is 0 Å². The first-order chi connectivity index (χ1) is 7.72. The first-order valence-electron chi connectivity index (χ1n) is 5.25. The van der Waals surface area contributed by atoms with E-state index in [4.69, 9.17) is 0 Å². The van der Waals surface area contributed by atoms with Crippen molar-refractivity contribution in [2.75, 3.05) is 5.32 Å². The average molecular weight is 237 g/mol. The molecule has 2 aromatic heterocycles. The highest BCUT2D eigenvalue weighted by molar-refractivity contribution is 7.13. The van der Waals surface area contributed by atoms with Crippen LogP contribution in [0.2, 0.25) is 0 Å². The molecule has 0 aliphatic heterocycles. The minimum absolute atomic E-state index is 0.757. The second kappa shape index (κ2) is 4.61. The fourth-order valence-corrected chi connectivity index (χ4v) is 2.16. The minimum Gasteiger partial charge on any atom is -0.356 e. The Morgan fingerprint density at radius 3 is 2.81 bits per heavy atom. The Morgan fingerprint density at radius 2 is 2.25 bits per heavy atom. The minimum atomic E-state index is 0.757. The van der Waals surface area contributed by atoms with Crippen LogP contribution in [0, 0.1) is 13.8 Å². The molecule has 5 nitrogen and oxygen atoms in total. The van der Waals surface area contributed by atoms with Gasteiger partial charge in [-0.05, 0) is 20.8 Å². The molecule has 6 heteroatoms. The molecular formula is C10H15N5S.